The number of amides is 3. The summed E-state index contributed by atoms with van der Waals surface area (Å²) in [7, 11) is 1.97. The van der Waals surface area contributed by atoms with Crippen molar-refractivity contribution in [3.8, 4) is 0 Å². The first-order chi connectivity index (χ1) is 17.3. The Morgan fingerprint density at radius 1 is 1.25 bits per heavy atom. The van der Waals surface area contributed by atoms with Gasteiger partial charge in [-0.2, -0.15) is 4.37 Å². The van der Waals surface area contributed by atoms with E-state index < -0.39 is 29.6 Å². The molecule has 0 aliphatic carbocycles. The molecule has 3 heterocycles. The third-order valence-corrected chi connectivity index (χ3v) is 7.21. The number of carbonyl (C=O) groups excluding carboxylic acids is 3. The van der Waals surface area contributed by atoms with Crippen molar-refractivity contribution >= 4 is 34.9 Å². The Hall–Kier alpha value is -3.13. The van der Waals surface area contributed by atoms with E-state index in [1.54, 1.807) is 5.01 Å². The third kappa shape index (κ3) is 5.64. The molecule has 2 fully saturated rings. The van der Waals surface area contributed by atoms with Crippen molar-refractivity contribution in [3.05, 3.63) is 46.2 Å². The van der Waals surface area contributed by atoms with Gasteiger partial charge in [-0.25, -0.2) is 9.40 Å². The predicted molar refractivity (Wildman–Crippen MR) is 131 cm³/mol. The number of benzene rings is 1. The second-order valence-corrected chi connectivity index (χ2v) is 9.65. The van der Waals surface area contributed by atoms with Crippen LogP contribution in [0.1, 0.15) is 44.6 Å². The van der Waals surface area contributed by atoms with Crippen molar-refractivity contribution in [1.29, 1.82) is 0 Å². The number of rotatable bonds is 8. The molecule has 1 aromatic heterocycles. The molecule has 2 aliphatic rings. The van der Waals surface area contributed by atoms with Gasteiger partial charge in [-0.1, -0.05) is 12.1 Å². The first kappa shape index (κ1) is 25.9. The summed E-state index contributed by atoms with van der Waals surface area (Å²) in [5.41, 5.74) is 11.5. The second kappa shape index (κ2) is 11.3. The van der Waals surface area contributed by atoms with Crippen LogP contribution in [0.25, 0.3) is 0 Å². The highest BCUT2D eigenvalue weighted by atomic mass is 32.1. The van der Waals surface area contributed by atoms with Crippen molar-refractivity contribution in [2.45, 2.75) is 25.0 Å². The van der Waals surface area contributed by atoms with Crippen LogP contribution in [0.4, 0.5) is 10.1 Å². The number of anilines is 1. The average molecular weight is 520 g/mol. The van der Waals surface area contributed by atoms with Crippen molar-refractivity contribution in [3.63, 3.8) is 0 Å². The fourth-order valence-corrected chi connectivity index (χ4v) is 5.06. The Labute approximate surface area is 212 Å². The zero-order chi connectivity index (χ0) is 25.8. The monoisotopic (exact) mass is 519 g/mol. The summed E-state index contributed by atoms with van der Waals surface area (Å²) >= 11 is 0.750. The van der Waals surface area contributed by atoms with Crippen LogP contribution in [0.2, 0.25) is 0 Å². The van der Waals surface area contributed by atoms with Crippen molar-refractivity contribution in [2.75, 3.05) is 52.1 Å². The summed E-state index contributed by atoms with van der Waals surface area (Å²) in [6.45, 7) is 3.15. The van der Waals surface area contributed by atoms with Gasteiger partial charge >= 0.3 is 0 Å². The summed E-state index contributed by atoms with van der Waals surface area (Å²) in [6, 6.07) is 4.32. The van der Waals surface area contributed by atoms with Crippen molar-refractivity contribution in [1.82, 2.24) is 24.6 Å². The molecule has 0 bridgehead atoms. The van der Waals surface area contributed by atoms with E-state index in [1.807, 2.05) is 7.05 Å². The van der Waals surface area contributed by atoms with Crippen LogP contribution in [-0.4, -0.2) is 89.5 Å². The summed E-state index contributed by atoms with van der Waals surface area (Å²) in [4.78, 5) is 41.4. The molecule has 36 heavy (non-hydrogen) atoms. The molecule has 0 saturated carbocycles. The molecule has 1 aromatic carbocycles. The maximum Gasteiger partial charge on any atom is 0.283 e. The minimum atomic E-state index is -1.12. The number of nitrogens with zero attached hydrogens (tertiary/aromatic N) is 4. The highest BCUT2D eigenvalue weighted by Crippen LogP contribution is 2.31. The van der Waals surface area contributed by atoms with E-state index in [0.29, 0.717) is 38.3 Å². The van der Waals surface area contributed by atoms with E-state index >= 15 is 0 Å². The van der Waals surface area contributed by atoms with E-state index in [1.165, 1.54) is 29.3 Å². The Kier molecular flexibility index (Phi) is 8.14. The van der Waals surface area contributed by atoms with Gasteiger partial charge in [0.15, 0.2) is 11.7 Å². The molecular weight excluding hydrogens is 489 g/mol. The summed E-state index contributed by atoms with van der Waals surface area (Å²) in [5, 5.41) is 6.03. The van der Waals surface area contributed by atoms with Crippen molar-refractivity contribution < 1.29 is 23.5 Å². The normalized spacial score (nSPS) is 19.7. The molecule has 13 heteroatoms. The molecule has 0 spiro atoms. The quantitative estimate of drug-likeness (QED) is 0.460. The third-order valence-electron chi connectivity index (χ3n) is 6.35. The first-order valence-electron chi connectivity index (χ1n) is 11.7. The summed E-state index contributed by atoms with van der Waals surface area (Å²) < 4.78 is 23.4. The Balaban J connectivity index is 1.73. The second-order valence-electron chi connectivity index (χ2n) is 8.88. The zero-order valence-corrected chi connectivity index (χ0v) is 20.8. The number of ether oxygens (including phenoxy) is 1. The molecule has 2 saturated heterocycles. The average Bonchev–Trinajstić information content (AvgIpc) is 3.52. The molecular formula is C23H30FN7O4S. The van der Waals surface area contributed by atoms with Crippen molar-refractivity contribution in [2.24, 2.45) is 5.73 Å². The maximum atomic E-state index is 14.0. The molecule has 3 amide bonds. The number of halogens is 1. The molecule has 4 rings (SSSR count). The van der Waals surface area contributed by atoms with Crippen LogP contribution in [-0.2, 0) is 9.53 Å². The zero-order valence-electron chi connectivity index (χ0n) is 20.0. The predicted octanol–water partition coefficient (Wildman–Crippen LogP) is 0.604. The van der Waals surface area contributed by atoms with E-state index in [9.17, 15) is 18.8 Å². The topological polar surface area (TPSA) is 147 Å². The molecule has 2 unspecified atom stereocenters. The number of nitrogens with two attached hydrogens (primary N) is 2. The fourth-order valence-electron chi connectivity index (χ4n) is 4.32. The Morgan fingerprint density at radius 3 is 2.53 bits per heavy atom. The van der Waals surface area contributed by atoms with Crippen LogP contribution in [0.3, 0.4) is 0 Å². The number of carbonyl (C=O) groups is 3. The van der Waals surface area contributed by atoms with Crippen LogP contribution in [0.15, 0.2) is 24.3 Å². The molecule has 2 atom stereocenters. The van der Waals surface area contributed by atoms with Gasteiger partial charge in [0.2, 0.25) is 5.91 Å². The number of nitrogens with one attached hydrogen (secondary N) is 1. The molecule has 0 radical (unpaired) electrons. The largest absolute Gasteiger partial charge is 0.395 e. The van der Waals surface area contributed by atoms with Gasteiger partial charge in [0.05, 0.1) is 11.8 Å². The van der Waals surface area contributed by atoms with Crippen LogP contribution in [0, 0.1) is 5.82 Å². The number of primary amides is 1. The lowest BCUT2D eigenvalue weighted by Crippen LogP contribution is -2.58. The van der Waals surface area contributed by atoms with Gasteiger partial charge in [0, 0.05) is 39.3 Å². The number of hydrogen-bond acceptors (Lipinski definition) is 9. The number of hydrazine groups is 1. The van der Waals surface area contributed by atoms with Gasteiger partial charge in [-0.05, 0) is 49.1 Å². The highest BCUT2D eigenvalue weighted by molar-refractivity contribution is 7.09. The molecule has 194 valence electrons. The number of piperazine rings is 1. The van der Waals surface area contributed by atoms with E-state index in [4.69, 9.17) is 16.2 Å². The number of hydrogen-bond donors (Lipinski definition) is 3. The van der Waals surface area contributed by atoms with Gasteiger partial charge in [-0.3, -0.25) is 19.4 Å². The maximum absolute atomic E-state index is 14.0. The number of nitrogen functional groups attached to an aromatic ring is 1. The van der Waals surface area contributed by atoms with Gasteiger partial charge in [0.1, 0.15) is 10.7 Å². The SMILES string of the molecule is CN1CCN(N(C(=O)c2snc(C(N)=O)c2N)C(C(=O)NCC2CCCO2)c2ccc(F)cc2)CC1. The summed E-state index contributed by atoms with van der Waals surface area (Å²) in [6.07, 6.45) is 1.64. The van der Waals surface area contributed by atoms with Gasteiger partial charge in [-0.15, -0.1) is 0 Å². The van der Waals surface area contributed by atoms with E-state index in [2.05, 4.69) is 14.6 Å². The van der Waals surface area contributed by atoms with Gasteiger partial charge < -0.3 is 26.4 Å². The molecule has 11 nitrogen and oxygen atoms in total. The molecule has 5 N–H and O–H groups in total. The molecule has 2 aromatic rings. The fraction of sp³-hybridized carbons (Fsp3) is 0.478. The summed E-state index contributed by atoms with van der Waals surface area (Å²) in [5.74, 6) is -2.35. The smallest absolute Gasteiger partial charge is 0.283 e. The number of aromatic nitrogens is 1. The van der Waals surface area contributed by atoms with Crippen LogP contribution in [0.5, 0.6) is 0 Å². The first-order valence-corrected chi connectivity index (χ1v) is 12.5. The van der Waals surface area contributed by atoms with E-state index in [0.717, 1.165) is 24.4 Å². The van der Waals surface area contributed by atoms with Crippen LogP contribution >= 0.6 is 11.5 Å². The van der Waals surface area contributed by atoms with Gasteiger partial charge in [0.25, 0.3) is 11.8 Å². The Morgan fingerprint density at radius 2 is 1.94 bits per heavy atom. The standard InChI is InChI=1S/C23H30FN7O4S/c1-29-8-10-30(11-9-29)31(23(34)20-17(25)18(21(26)32)28-36-20)19(14-4-6-15(24)7-5-14)22(33)27-13-16-3-2-12-35-16/h4-7,16,19H,2-3,8-13,25H2,1H3,(H2,26,32)(H,27,33). The molecule has 2 aliphatic heterocycles. The minimum absolute atomic E-state index is 0.00164. The number of likely N-dealkylation sites (N-methyl/N-ethyl adjacent to an activating group) is 1. The highest BCUT2D eigenvalue weighted by Gasteiger charge is 2.39. The Bertz CT molecular complexity index is 1100. The van der Waals surface area contributed by atoms with Crippen LogP contribution < -0.4 is 16.8 Å². The minimum Gasteiger partial charge on any atom is -0.395 e. The lowest BCUT2D eigenvalue weighted by molar-refractivity contribution is -0.135. The van der Waals surface area contributed by atoms with E-state index in [-0.39, 0.29) is 28.9 Å². The lowest BCUT2D eigenvalue weighted by Gasteiger charge is -2.43. The lowest BCUT2D eigenvalue weighted by atomic mass is 10.0.